The minimum Gasteiger partial charge on any atom is -0.338 e. The molecule has 2 aromatic carbocycles. The molecule has 2 aromatic rings. The van der Waals surface area contributed by atoms with Gasteiger partial charge in [0.25, 0.3) is 0 Å². The highest BCUT2D eigenvalue weighted by Gasteiger charge is 2.31. The van der Waals surface area contributed by atoms with Crippen LogP contribution in [0, 0.1) is 0 Å². The fourth-order valence-electron chi connectivity index (χ4n) is 3.92. The van der Waals surface area contributed by atoms with Crippen LogP contribution in [0.3, 0.4) is 0 Å². The van der Waals surface area contributed by atoms with Gasteiger partial charge in [-0.25, -0.2) is 4.79 Å². The van der Waals surface area contributed by atoms with Crippen LogP contribution >= 0.6 is 0 Å². The van der Waals surface area contributed by atoms with E-state index in [9.17, 15) is 22.8 Å². The van der Waals surface area contributed by atoms with Crippen molar-refractivity contribution in [2.45, 2.75) is 32.0 Å². The van der Waals surface area contributed by atoms with Gasteiger partial charge in [-0.3, -0.25) is 9.69 Å². The van der Waals surface area contributed by atoms with E-state index in [-0.39, 0.29) is 11.6 Å². The zero-order chi connectivity index (χ0) is 25.3. The Balaban J connectivity index is 1.50. The molecule has 1 fully saturated rings. The second-order valence-electron chi connectivity index (χ2n) is 8.46. The number of carbonyl (C=O) groups excluding carboxylic acids is 2. The summed E-state index contributed by atoms with van der Waals surface area (Å²) in [6.07, 6.45) is 0.780. The van der Waals surface area contributed by atoms with Crippen molar-refractivity contribution in [3.63, 3.8) is 0 Å². The van der Waals surface area contributed by atoms with Crippen molar-refractivity contribution in [2.24, 2.45) is 0 Å². The van der Waals surface area contributed by atoms with Gasteiger partial charge in [-0.05, 0) is 30.2 Å². The van der Waals surface area contributed by atoms with Crippen LogP contribution in [-0.2, 0) is 11.0 Å². The number of rotatable bonds is 8. The van der Waals surface area contributed by atoms with Crippen molar-refractivity contribution in [1.82, 2.24) is 15.1 Å². The third kappa shape index (κ3) is 8.13. The quantitative estimate of drug-likeness (QED) is 0.558. The Morgan fingerprint density at radius 1 is 1.03 bits per heavy atom. The molecule has 6 nitrogen and oxygen atoms in total. The van der Waals surface area contributed by atoms with E-state index >= 15 is 0 Å². The highest BCUT2D eigenvalue weighted by Crippen LogP contribution is 2.30. The number of nitrogens with one attached hydrogen (secondary N) is 2. The molecule has 1 saturated heterocycles. The number of urea groups is 1. The molecule has 35 heavy (non-hydrogen) atoms. The third-order valence-corrected chi connectivity index (χ3v) is 5.79. The lowest BCUT2D eigenvalue weighted by atomic mass is 10.1. The number of benzene rings is 2. The van der Waals surface area contributed by atoms with Gasteiger partial charge in [-0.15, -0.1) is 0 Å². The van der Waals surface area contributed by atoms with Crippen molar-refractivity contribution >= 4 is 23.7 Å². The first-order chi connectivity index (χ1) is 16.8. The summed E-state index contributed by atoms with van der Waals surface area (Å²) >= 11 is 0. The lowest BCUT2D eigenvalue weighted by molar-refractivity contribution is -0.137. The molecule has 0 radical (unpaired) electrons. The van der Waals surface area contributed by atoms with Gasteiger partial charge in [-0.1, -0.05) is 61.9 Å². The Bertz CT molecular complexity index is 1000. The summed E-state index contributed by atoms with van der Waals surface area (Å²) in [5.74, 6) is -0.175. The molecule has 1 aliphatic heterocycles. The van der Waals surface area contributed by atoms with E-state index < -0.39 is 23.8 Å². The van der Waals surface area contributed by atoms with Crippen molar-refractivity contribution < 1.29 is 22.8 Å². The molecular weight excluding hydrogens is 457 g/mol. The predicted molar refractivity (Wildman–Crippen MR) is 131 cm³/mol. The fraction of sp³-hybridized carbons (Fsp3) is 0.385. The van der Waals surface area contributed by atoms with Crippen LogP contribution in [0.25, 0.3) is 6.08 Å². The Morgan fingerprint density at radius 2 is 1.74 bits per heavy atom. The van der Waals surface area contributed by atoms with Gasteiger partial charge in [0, 0.05) is 38.4 Å². The SMILES string of the molecule is CCCC(NC(=O)Nc1cccc(C(F)(F)F)c1)C(=O)N1CCN(C/C=C/c2ccccc2)CC1. The van der Waals surface area contributed by atoms with Crippen LogP contribution in [0.15, 0.2) is 60.7 Å². The molecule has 1 heterocycles. The standard InChI is InChI=1S/C26H31F3N4O2/c1-2-8-23(31-25(35)30-22-13-6-12-21(19-22)26(27,28)29)24(34)33-17-15-32(16-18-33)14-7-11-20-9-4-3-5-10-20/h3-7,9-13,19,23H,2,8,14-18H2,1H3,(H2,30,31,35)/b11-7+. The second-order valence-corrected chi connectivity index (χ2v) is 8.46. The molecule has 2 N–H and O–H groups in total. The van der Waals surface area contributed by atoms with Crippen LogP contribution in [0.4, 0.5) is 23.7 Å². The number of halogens is 3. The van der Waals surface area contributed by atoms with Crippen LogP contribution in [0.1, 0.15) is 30.9 Å². The molecule has 1 atom stereocenters. The monoisotopic (exact) mass is 488 g/mol. The number of alkyl halides is 3. The van der Waals surface area contributed by atoms with E-state index in [1.165, 1.54) is 12.1 Å². The minimum absolute atomic E-state index is 0.0113. The smallest absolute Gasteiger partial charge is 0.338 e. The lowest BCUT2D eigenvalue weighted by Crippen LogP contribution is -2.55. The lowest BCUT2D eigenvalue weighted by Gasteiger charge is -2.36. The molecule has 0 bridgehead atoms. The molecular formula is C26H31F3N4O2. The van der Waals surface area contributed by atoms with E-state index in [0.717, 1.165) is 37.3 Å². The first-order valence-electron chi connectivity index (χ1n) is 11.7. The van der Waals surface area contributed by atoms with Crippen LogP contribution in [0.5, 0.6) is 0 Å². The summed E-state index contributed by atoms with van der Waals surface area (Å²) in [6, 6.07) is 13.0. The predicted octanol–water partition coefficient (Wildman–Crippen LogP) is 4.85. The Hall–Kier alpha value is -3.33. The van der Waals surface area contributed by atoms with E-state index in [4.69, 9.17) is 0 Å². The topological polar surface area (TPSA) is 64.7 Å². The normalized spacial score (nSPS) is 15.7. The van der Waals surface area contributed by atoms with Crippen molar-refractivity contribution in [1.29, 1.82) is 0 Å². The summed E-state index contributed by atoms with van der Waals surface area (Å²) in [5.41, 5.74) is 0.295. The Labute approximate surface area is 203 Å². The summed E-state index contributed by atoms with van der Waals surface area (Å²) in [4.78, 5) is 29.5. The first-order valence-corrected chi connectivity index (χ1v) is 11.7. The maximum Gasteiger partial charge on any atom is 0.416 e. The highest BCUT2D eigenvalue weighted by molar-refractivity contribution is 5.93. The Kier molecular flexibility index (Phi) is 9.31. The van der Waals surface area contributed by atoms with Crippen LogP contribution < -0.4 is 10.6 Å². The zero-order valence-corrected chi connectivity index (χ0v) is 19.7. The van der Waals surface area contributed by atoms with E-state index in [0.29, 0.717) is 25.9 Å². The van der Waals surface area contributed by atoms with Crippen molar-refractivity contribution in [3.8, 4) is 0 Å². The van der Waals surface area contributed by atoms with E-state index in [2.05, 4.69) is 27.7 Å². The molecule has 0 aliphatic carbocycles. The zero-order valence-electron chi connectivity index (χ0n) is 19.7. The average Bonchev–Trinajstić information content (AvgIpc) is 2.84. The summed E-state index contributed by atoms with van der Waals surface area (Å²) in [7, 11) is 0. The van der Waals surface area contributed by atoms with E-state index in [1.807, 2.05) is 37.3 Å². The van der Waals surface area contributed by atoms with Gasteiger partial charge in [0.15, 0.2) is 0 Å². The molecule has 3 amide bonds. The number of hydrogen-bond acceptors (Lipinski definition) is 3. The summed E-state index contributed by atoms with van der Waals surface area (Å²) < 4.78 is 38.7. The molecule has 9 heteroatoms. The van der Waals surface area contributed by atoms with Crippen molar-refractivity contribution in [3.05, 3.63) is 71.8 Å². The van der Waals surface area contributed by atoms with Gasteiger partial charge >= 0.3 is 12.2 Å². The number of nitrogens with zero attached hydrogens (tertiary/aromatic N) is 2. The number of carbonyl (C=O) groups is 2. The van der Waals surface area contributed by atoms with Gasteiger partial charge in [0.05, 0.1) is 5.56 Å². The number of anilines is 1. The largest absolute Gasteiger partial charge is 0.416 e. The third-order valence-electron chi connectivity index (χ3n) is 5.79. The summed E-state index contributed by atoms with van der Waals surface area (Å²) in [6.45, 7) is 5.24. The highest BCUT2D eigenvalue weighted by atomic mass is 19.4. The second kappa shape index (κ2) is 12.4. The molecule has 3 rings (SSSR count). The average molecular weight is 489 g/mol. The van der Waals surface area contributed by atoms with E-state index in [1.54, 1.807) is 4.90 Å². The molecule has 0 aromatic heterocycles. The number of piperazine rings is 1. The first kappa shape index (κ1) is 26.3. The van der Waals surface area contributed by atoms with Crippen LogP contribution in [0.2, 0.25) is 0 Å². The van der Waals surface area contributed by atoms with Gasteiger partial charge in [0.1, 0.15) is 6.04 Å². The molecule has 188 valence electrons. The maximum absolute atomic E-state index is 13.1. The van der Waals surface area contributed by atoms with Gasteiger partial charge in [0.2, 0.25) is 5.91 Å². The molecule has 1 aliphatic rings. The summed E-state index contributed by atoms with van der Waals surface area (Å²) in [5, 5.41) is 5.05. The number of hydrogen-bond donors (Lipinski definition) is 2. The van der Waals surface area contributed by atoms with Gasteiger partial charge < -0.3 is 15.5 Å². The van der Waals surface area contributed by atoms with Crippen LogP contribution in [-0.4, -0.2) is 60.5 Å². The number of amides is 3. The van der Waals surface area contributed by atoms with Gasteiger partial charge in [-0.2, -0.15) is 13.2 Å². The molecule has 1 unspecified atom stereocenters. The molecule has 0 saturated carbocycles. The maximum atomic E-state index is 13.1. The molecule has 0 spiro atoms. The van der Waals surface area contributed by atoms with Crippen molar-refractivity contribution in [2.75, 3.05) is 38.0 Å². The minimum atomic E-state index is -4.51. The Morgan fingerprint density at radius 3 is 2.40 bits per heavy atom. The fourth-order valence-corrected chi connectivity index (χ4v) is 3.92.